The van der Waals surface area contributed by atoms with Gasteiger partial charge in [-0.25, -0.2) is 4.99 Å². The lowest BCUT2D eigenvalue weighted by Crippen LogP contribution is -2.42. The van der Waals surface area contributed by atoms with Gasteiger partial charge in [-0.05, 0) is 13.3 Å². The van der Waals surface area contributed by atoms with E-state index < -0.39 is 6.10 Å². The van der Waals surface area contributed by atoms with E-state index in [0.29, 0.717) is 6.42 Å². The van der Waals surface area contributed by atoms with Crippen LogP contribution in [0.3, 0.4) is 0 Å². The first-order valence-electron chi connectivity index (χ1n) is 4.88. The average Bonchev–Trinajstić information content (AvgIpc) is 2.32. The van der Waals surface area contributed by atoms with Gasteiger partial charge in [0, 0.05) is 12.1 Å². The van der Waals surface area contributed by atoms with Crippen LogP contribution in [-0.4, -0.2) is 24.0 Å². The molecule has 2 rings (SSSR count). The highest BCUT2D eigenvalue weighted by Gasteiger charge is 2.32. The summed E-state index contributed by atoms with van der Waals surface area (Å²) < 4.78 is 5.25. The van der Waals surface area contributed by atoms with Crippen LogP contribution in [-0.2, 0) is 14.3 Å². The van der Waals surface area contributed by atoms with Gasteiger partial charge >= 0.3 is 0 Å². The number of nitrogens with one attached hydrogen (secondary N) is 1. The van der Waals surface area contributed by atoms with E-state index in [0.717, 1.165) is 0 Å². The number of amides is 1. The van der Waals surface area contributed by atoms with Crippen LogP contribution in [0.25, 0.3) is 0 Å². The van der Waals surface area contributed by atoms with Gasteiger partial charge in [-0.2, -0.15) is 0 Å². The molecule has 5 nitrogen and oxygen atoms in total. The molecule has 0 aromatic carbocycles. The molecule has 0 aliphatic carbocycles. The van der Waals surface area contributed by atoms with E-state index in [1.165, 1.54) is 0 Å². The first kappa shape index (κ1) is 9.89. The molecule has 0 saturated heterocycles. The molecule has 5 heteroatoms. The quantitative estimate of drug-likeness (QED) is 0.625. The minimum Gasteiger partial charge on any atom is -0.463 e. The Morgan fingerprint density at radius 3 is 2.93 bits per heavy atom. The molecular weight excluding hydrogens is 196 g/mol. The van der Waals surface area contributed by atoms with Crippen molar-refractivity contribution in [3.8, 4) is 0 Å². The largest absolute Gasteiger partial charge is 0.463 e. The Hall–Kier alpha value is -1.65. The van der Waals surface area contributed by atoms with Gasteiger partial charge in [0.1, 0.15) is 5.70 Å². The van der Waals surface area contributed by atoms with Crippen molar-refractivity contribution in [2.45, 2.75) is 26.4 Å². The monoisotopic (exact) mass is 208 g/mol. The molecule has 15 heavy (non-hydrogen) atoms. The van der Waals surface area contributed by atoms with Gasteiger partial charge in [0.15, 0.2) is 11.9 Å². The molecule has 0 spiro atoms. The molecule has 2 aliphatic heterocycles. The van der Waals surface area contributed by atoms with Crippen molar-refractivity contribution in [1.29, 1.82) is 0 Å². The van der Waals surface area contributed by atoms with Crippen molar-refractivity contribution in [1.82, 2.24) is 5.32 Å². The smallest absolute Gasteiger partial charge is 0.265 e. The zero-order chi connectivity index (χ0) is 11.0. The van der Waals surface area contributed by atoms with E-state index in [4.69, 9.17) is 4.74 Å². The molecule has 0 aromatic rings. The molecule has 1 amide bonds. The van der Waals surface area contributed by atoms with Crippen LogP contribution in [0, 0.1) is 5.92 Å². The second kappa shape index (κ2) is 3.49. The van der Waals surface area contributed by atoms with E-state index in [9.17, 15) is 9.59 Å². The lowest BCUT2D eigenvalue weighted by Gasteiger charge is -2.22. The van der Waals surface area contributed by atoms with Crippen LogP contribution in [0.15, 0.2) is 16.6 Å². The Labute approximate surface area is 87.2 Å². The summed E-state index contributed by atoms with van der Waals surface area (Å²) in [4.78, 5) is 27.2. The number of ether oxygens (including phenoxy) is 1. The van der Waals surface area contributed by atoms with E-state index in [-0.39, 0.29) is 29.2 Å². The normalized spacial score (nSPS) is 30.5. The lowest BCUT2D eigenvalue weighted by molar-refractivity contribution is -0.133. The average molecular weight is 208 g/mol. The summed E-state index contributed by atoms with van der Waals surface area (Å²) in [6.45, 7) is 3.42. The molecule has 2 aliphatic rings. The summed E-state index contributed by atoms with van der Waals surface area (Å²) in [5.41, 5.74) is 0.194. The third-order valence-corrected chi connectivity index (χ3v) is 2.48. The molecular formula is C10H12N2O3. The number of carbonyl (C=O) groups is 2. The molecule has 0 fully saturated rings. The number of ketones is 1. The number of aliphatic imine (C=N–C) groups is 1. The van der Waals surface area contributed by atoms with E-state index in [1.54, 1.807) is 20.1 Å². The van der Waals surface area contributed by atoms with Crippen molar-refractivity contribution in [2.75, 3.05) is 0 Å². The van der Waals surface area contributed by atoms with Crippen LogP contribution in [0.4, 0.5) is 0 Å². The third kappa shape index (κ3) is 1.65. The molecule has 0 bridgehead atoms. The summed E-state index contributed by atoms with van der Waals surface area (Å²) in [6.07, 6.45) is 1.62. The fourth-order valence-corrected chi connectivity index (χ4v) is 1.47. The number of allylic oxidation sites excluding steroid dienone is 1. The molecule has 0 aromatic heterocycles. The molecule has 0 radical (unpaired) electrons. The SMILES string of the molecule is CC1CC=NC2=C(NC(=O)C(C)O2)C1=O. The van der Waals surface area contributed by atoms with Crippen molar-refractivity contribution >= 4 is 17.9 Å². The molecule has 80 valence electrons. The van der Waals surface area contributed by atoms with Crippen LogP contribution in [0.5, 0.6) is 0 Å². The van der Waals surface area contributed by atoms with E-state index in [2.05, 4.69) is 10.3 Å². The standard InChI is InChI=1S/C10H12N2O3/c1-5-3-4-11-10-7(8(5)13)12-9(14)6(2)15-10/h4-6H,3H2,1-2H3,(H,12,14). The second-order valence-corrected chi connectivity index (χ2v) is 3.74. The summed E-state index contributed by atoms with van der Waals surface area (Å²) in [7, 11) is 0. The molecule has 0 saturated carbocycles. The third-order valence-electron chi connectivity index (χ3n) is 2.48. The van der Waals surface area contributed by atoms with Crippen molar-refractivity contribution in [2.24, 2.45) is 10.9 Å². The van der Waals surface area contributed by atoms with Crippen LogP contribution < -0.4 is 5.32 Å². The highest BCUT2D eigenvalue weighted by molar-refractivity contribution is 6.03. The molecule has 2 unspecified atom stereocenters. The van der Waals surface area contributed by atoms with Gasteiger partial charge in [-0.3, -0.25) is 9.59 Å². The number of Topliss-reactive ketones (excluding diaryl/α,β-unsaturated/α-hetero) is 1. The fraction of sp³-hybridized carbons (Fsp3) is 0.500. The second-order valence-electron chi connectivity index (χ2n) is 3.74. The van der Waals surface area contributed by atoms with Crippen LogP contribution >= 0.6 is 0 Å². The highest BCUT2D eigenvalue weighted by atomic mass is 16.5. The summed E-state index contributed by atoms with van der Waals surface area (Å²) in [5.74, 6) is -0.357. The highest BCUT2D eigenvalue weighted by Crippen LogP contribution is 2.21. The minimum absolute atomic E-state index is 0.122. The van der Waals surface area contributed by atoms with Crippen molar-refractivity contribution in [3.63, 3.8) is 0 Å². The number of hydrogen-bond donors (Lipinski definition) is 1. The Balaban J connectivity index is 2.39. The Morgan fingerprint density at radius 2 is 2.20 bits per heavy atom. The van der Waals surface area contributed by atoms with Gasteiger partial charge in [-0.1, -0.05) is 6.92 Å². The molecule has 2 atom stereocenters. The number of carbonyl (C=O) groups excluding carboxylic acids is 2. The zero-order valence-electron chi connectivity index (χ0n) is 8.61. The number of nitrogens with zero attached hydrogens (tertiary/aromatic N) is 1. The van der Waals surface area contributed by atoms with Crippen LogP contribution in [0.2, 0.25) is 0 Å². The maximum Gasteiger partial charge on any atom is 0.265 e. The van der Waals surface area contributed by atoms with E-state index in [1.807, 2.05) is 0 Å². The first-order valence-corrected chi connectivity index (χ1v) is 4.88. The maximum atomic E-state index is 11.8. The van der Waals surface area contributed by atoms with Gasteiger partial charge in [0.2, 0.25) is 5.88 Å². The van der Waals surface area contributed by atoms with Crippen molar-refractivity contribution in [3.05, 3.63) is 11.6 Å². The van der Waals surface area contributed by atoms with Gasteiger partial charge in [0.25, 0.3) is 5.91 Å². The predicted molar refractivity (Wildman–Crippen MR) is 53.0 cm³/mol. The summed E-state index contributed by atoms with van der Waals surface area (Å²) >= 11 is 0. The van der Waals surface area contributed by atoms with Crippen molar-refractivity contribution < 1.29 is 14.3 Å². The van der Waals surface area contributed by atoms with Gasteiger partial charge in [0.05, 0.1) is 0 Å². The van der Waals surface area contributed by atoms with Crippen LogP contribution in [0.1, 0.15) is 20.3 Å². The van der Waals surface area contributed by atoms with Gasteiger partial charge < -0.3 is 10.1 Å². The zero-order valence-corrected chi connectivity index (χ0v) is 8.61. The Kier molecular flexibility index (Phi) is 2.30. The minimum atomic E-state index is -0.595. The number of rotatable bonds is 0. The Bertz CT molecular complexity index is 384. The lowest BCUT2D eigenvalue weighted by atomic mass is 10.0. The maximum absolute atomic E-state index is 11.8. The molecule has 2 heterocycles. The number of hydrogen-bond acceptors (Lipinski definition) is 4. The van der Waals surface area contributed by atoms with E-state index >= 15 is 0 Å². The topological polar surface area (TPSA) is 67.8 Å². The first-order chi connectivity index (χ1) is 7.09. The predicted octanol–water partition coefficient (Wildman–Crippen LogP) is 0.370. The Morgan fingerprint density at radius 1 is 1.47 bits per heavy atom. The molecule has 1 N–H and O–H groups in total. The summed E-state index contributed by atoms with van der Waals surface area (Å²) in [5, 5.41) is 2.54. The summed E-state index contributed by atoms with van der Waals surface area (Å²) in [6, 6.07) is 0. The fourth-order valence-electron chi connectivity index (χ4n) is 1.47. The van der Waals surface area contributed by atoms with Gasteiger partial charge in [-0.15, -0.1) is 0 Å².